The van der Waals surface area contributed by atoms with E-state index in [0.717, 1.165) is 48.0 Å². The molecule has 0 unspecified atom stereocenters. The topological polar surface area (TPSA) is 72.7 Å². The molecule has 1 aliphatic rings. The molecule has 0 radical (unpaired) electrons. The van der Waals surface area contributed by atoms with Crippen molar-refractivity contribution in [3.8, 4) is 10.6 Å². The summed E-state index contributed by atoms with van der Waals surface area (Å²) in [7, 11) is 0. The zero-order valence-electron chi connectivity index (χ0n) is 15.0. The average Bonchev–Trinajstić information content (AvgIpc) is 3.15. The SMILES string of the molecule is Cc1nc(-c2cccc(Cl)c2)sc1C(=O)NCc1nnc2n1CCCCC2. The number of amides is 1. The van der Waals surface area contributed by atoms with Gasteiger partial charge >= 0.3 is 0 Å². The molecule has 3 heterocycles. The molecule has 1 amide bonds. The van der Waals surface area contributed by atoms with Gasteiger partial charge in [0.15, 0.2) is 5.82 Å². The van der Waals surface area contributed by atoms with Gasteiger partial charge in [-0.3, -0.25) is 4.79 Å². The lowest BCUT2D eigenvalue weighted by Gasteiger charge is -2.07. The predicted molar refractivity (Wildman–Crippen MR) is 106 cm³/mol. The van der Waals surface area contributed by atoms with E-state index in [-0.39, 0.29) is 5.91 Å². The van der Waals surface area contributed by atoms with Crippen molar-refractivity contribution < 1.29 is 4.79 Å². The van der Waals surface area contributed by atoms with E-state index in [9.17, 15) is 4.79 Å². The van der Waals surface area contributed by atoms with E-state index in [0.29, 0.717) is 22.1 Å². The molecule has 140 valence electrons. The first-order valence-electron chi connectivity index (χ1n) is 9.04. The molecule has 3 aromatic rings. The molecule has 0 bridgehead atoms. The first kappa shape index (κ1) is 18.1. The molecule has 0 atom stereocenters. The Morgan fingerprint density at radius 2 is 2.19 bits per heavy atom. The molecule has 0 saturated carbocycles. The Bertz CT molecular complexity index is 980. The number of aryl methyl sites for hydroxylation is 2. The lowest BCUT2D eigenvalue weighted by molar-refractivity contribution is 0.0952. The molecular formula is C19H20ClN5OS. The minimum absolute atomic E-state index is 0.135. The Hall–Kier alpha value is -2.25. The lowest BCUT2D eigenvalue weighted by Crippen LogP contribution is -2.24. The molecule has 0 spiro atoms. The number of rotatable bonds is 4. The third-order valence-corrected chi connectivity index (χ3v) is 6.11. The number of carbonyl (C=O) groups is 1. The van der Waals surface area contributed by atoms with Gasteiger partial charge in [-0.15, -0.1) is 21.5 Å². The molecule has 1 N–H and O–H groups in total. The standard InChI is InChI=1S/C19H20ClN5OS/c1-12-17(27-19(22-12)13-6-5-7-14(20)10-13)18(26)21-11-16-24-23-15-8-3-2-4-9-25(15)16/h5-7,10H,2-4,8-9,11H2,1H3,(H,21,26). The van der Waals surface area contributed by atoms with Crippen molar-refractivity contribution in [2.24, 2.45) is 0 Å². The number of thiazole rings is 1. The summed E-state index contributed by atoms with van der Waals surface area (Å²) < 4.78 is 2.14. The molecule has 4 rings (SSSR count). The average molecular weight is 402 g/mol. The van der Waals surface area contributed by atoms with Crippen molar-refractivity contribution in [2.45, 2.75) is 45.7 Å². The van der Waals surface area contributed by atoms with Crippen LogP contribution in [0.5, 0.6) is 0 Å². The van der Waals surface area contributed by atoms with Gasteiger partial charge in [0.05, 0.1) is 12.2 Å². The summed E-state index contributed by atoms with van der Waals surface area (Å²) in [6, 6.07) is 7.50. The number of halogens is 1. The molecular weight excluding hydrogens is 382 g/mol. The molecule has 6 nitrogen and oxygen atoms in total. The third-order valence-electron chi connectivity index (χ3n) is 4.67. The molecule has 1 aliphatic heterocycles. The van der Waals surface area contributed by atoms with Crippen molar-refractivity contribution in [3.05, 3.63) is 51.5 Å². The van der Waals surface area contributed by atoms with Gasteiger partial charge in [0.1, 0.15) is 15.7 Å². The van der Waals surface area contributed by atoms with Crippen molar-refractivity contribution in [1.29, 1.82) is 0 Å². The number of carbonyl (C=O) groups excluding carboxylic acids is 1. The summed E-state index contributed by atoms with van der Waals surface area (Å²) >= 11 is 7.44. The Morgan fingerprint density at radius 1 is 1.30 bits per heavy atom. The number of benzene rings is 1. The highest BCUT2D eigenvalue weighted by Crippen LogP contribution is 2.29. The summed E-state index contributed by atoms with van der Waals surface area (Å²) in [6.45, 7) is 3.14. The van der Waals surface area contributed by atoms with Gasteiger partial charge < -0.3 is 9.88 Å². The number of nitrogens with one attached hydrogen (secondary N) is 1. The number of hydrogen-bond acceptors (Lipinski definition) is 5. The third kappa shape index (κ3) is 3.89. The molecule has 0 aliphatic carbocycles. The van der Waals surface area contributed by atoms with Crippen LogP contribution in [0.1, 0.15) is 46.3 Å². The number of nitrogens with zero attached hydrogens (tertiary/aromatic N) is 4. The van der Waals surface area contributed by atoms with Crippen LogP contribution < -0.4 is 5.32 Å². The second-order valence-electron chi connectivity index (χ2n) is 6.62. The Morgan fingerprint density at radius 3 is 3.04 bits per heavy atom. The van der Waals surface area contributed by atoms with E-state index in [1.807, 2.05) is 31.2 Å². The zero-order chi connectivity index (χ0) is 18.8. The van der Waals surface area contributed by atoms with Gasteiger partial charge in [-0.1, -0.05) is 30.2 Å². The van der Waals surface area contributed by atoms with E-state index in [1.54, 1.807) is 0 Å². The van der Waals surface area contributed by atoms with Crippen molar-refractivity contribution in [2.75, 3.05) is 0 Å². The molecule has 0 saturated heterocycles. The zero-order valence-corrected chi connectivity index (χ0v) is 16.6. The van der Waals surface area contributed by atoms with Gasteiger partial charge in [0, 0.05) is 23.6 Å². The van der Waals surface area contributed by atoms with Crippen molar-refractivity contribution in [3.63, 3.8) is 0 Å². The summed E-state index contributed by atoms with van der Waals surface area (Å²) in [6.07, 6.45) is 4.44. The minimum Gasteiger partial charge on any atom is -0.344 e. The number of fused-ring (bicyclic) bond motifs is 1. The van der Waals surface area contributed by atoms with Crippen LogP contribution >= 0.6 is 22.9 Å². The fourth-order valence-electron chi connectivity index (χ4n) is 3.27. The van der Waals surface area contributed by atoms with E-state index < -0.39 is 0 Å². The second kappa shape index (κ2) is 7.78. The monoisotopic (exact) mass is 401 g/mol. The summed E-state index contributed by atoms with van der Waals surface area (Å²) in [4.78, 5) is 17.8. The first-order valence-corrected chi connectivity index (χ1v) is 10.2. The molecule has 2 aromatic heterocycles. The molecule has 27 heavy (non-hydrogen) atoms. The maximum absolute atomic E-state index is 12.7. The van der Waals surface area contributed by atoms with Crippen LogP contribution in [0.4, 0.5) is 0 Å². The summed E-state index contributed by atoms with van der Waals surface area (Å²) in [5, 5.41) is 12.9. The van der Waals surface area contributed by atoms with E-state index in [4.69, 9.17) is 11.6 Å². The Balaban J connectivity index is 1.49. The van der Waals surface area contributed by atoms with Gasteiger partial charge in [-0.05, 0) is 31.9 Å². The van der Waals surface area contributed by atoms with Crippen LogP contribution in [0.3, 0.4) is 0 Å². The van der Waals surface area contributed by atoms with Gasteiger partial charge in [0.25, 0.3) is 5.91 Å². The smallest absolute Gasteiger partial charge is 0.263 e. The minimum atomic E-state index is -0.135. The van der Waals surface area contributed by atoms with E-state index >= 15 is 0 Å². The van der Waals surface area contributed by atoms with Crippen LogP contribution in [-0.4, -0.2) is 25.7 Å². The normalized spacial score (nSPS) is 13.9. The second-order valence-corrected chi connectivity index (χ2v) is 8.06. The van der Waals surface area contributed by atoms with Gasteiger partial charge in [-0.2, -0.15) is 0 Å². The van der Waals surface area contributed by atoms with E-state index in [1.165, 1.54) is 17.8 Å². The fraction of sp³-hybridized carbons (Fsp3) is 0.368. The van der Waals surface area contributed by atoms with Crippen molar-refractivity contribution >= 4 is 28.8 Å². The van der Waals surface area contributed by atoms with Gasteiger partial charge in [0.2, 0.25) is 0 Å². The maximum Gasteiger partial charge on any atom is 0.263 e. The lowest BCUT2D eigenvalue weighted by atomic mass is 10.2. The largest absolute Gasteiger partial charge is 0.344 e. The Labute approximate surface area is 166 Å². The van der Waals surface area contributed by atoms with Gasteiger partial charge in [-0.25, -0.2) is 4.98 Å². The maximum atomic E-state index is 12.7. The first-order chi connectivity index (χ1) is 13.1. The van der Waals surface area contributed by atoms with Crippen LogP contribution in [0.15, 0.2) is 24.3 Å². The summed E-state index contributed by atoms with van der Waals surface area (Å²) in [5.74, 6) is 1.70. The number of hydrogen-bond donors (Lipinski definition) is 1. The summed E-state index contributed by atoms with van der Waals surface area (Å²) in [5.41, 5.74) is 1.63. The Kier molecular flexibility index (Phi) is 5.22. The molecule has 8 heteroatoms. The van der Waals surface area contributed by atoms with Crippen molar-refractivity contribution in [1.82, 2.24) is 25.1 Å². The van der Waals surface area contributed by atoms with Crippen LogP contribution in [-0.2, 0) is 19.5 Å². The highest BCUT2D eigenvalue weighted by Gasteiger charge is 2.19. The highest BCUT2D eigenvalue weighted by atomic mass is 35.5. The van der Waals surface area contributed by atoms with Crippen LogP contribution in [0.25, 0.3) is 10.6 Å². The predicted octanol–water partition coefficient (Wildman–Crippen LogP) is 4.02. The molecule has 1 aromatic carbocycles. The van der Waals surface area contributed by atoms with Crippen LogP contribution in [0, 0.1) is 6.92 Å². The van der Waals surface area contributed by atoms with E-state index in [2.05, 4.69) is 25.1 Å². The van der Waals surface area contributed by atoms with Crippen LogP contribution in [0.2, 0.25) is 5.02 Å². The fourth-order valence-corrected chi connectivity index (χ4v) is 4.44. The highest BCUT2D eigenvalue weighted by molar-refractivity contribution is 7.17. The number of aromatic nitrogens is 4. The molecule has 0 fully saturated rings. The quantitative estimate of drug-likeness (QED) is 0.716.